The molecule has 21 heavy (non-hydrogen) atoms. The molecule has 0 fully saturated rings. The molecule has 5 heteroatoms. The number of methoxy groups -OCH3 is 1. The fourth-order valence-electron chi connectivity index (χ4n) is 2.09. The molecule has 0 spiro atoms. The summed E-state index contributed by atoms with van der Waals surface area (Å²) in [7, 11) is 1.61. The Morgan fingerprint density at radius 2 is 2.05 bits per heavy atom. The van der Waals surface area contributed by atoms with Crippen LogP contribution in [0.2, 0.25) is 0 Å². The third-order valence-corrected chi connectivity index (χ3v) is 3.07. The van der Waals surface area contributed by atoms with Crippen LogP contribution >= 0.6 is 0 Å². The first-order chi connectivity index (χ1) is 10.1. The van der Waals surface area contributed by atoms with Crippen molar-refractivity contribution in [1.29, 1.82) is 0 Å². The quantitative estimate of drug-likeness (QED) is 0.883. The highest BCUT2D eigenvalue weighted by Gasteiger charge is 2.09. The van der Waals surface area contributed by atoms with Crippen molar-refractivity contribution in [3.8, 4) is 11.3 Å². The van der Waals surface area contributed by atoms with Gasteiger partial charge in [-0.05, 0) is 37.1 Å². The number of nitrogens with one attached hydrogen (secondary N) is 1. The van der Waals surface area contributed by atoms with E-state index in [0.29, 0.717) is 12.4 Å². The van der Waals surface area contributed by atoms with Gasteiger partial charge in [-0.15, -0.1) is 0 Å². The molecule has 1 N–H and O–H groups in total. The molecular formula is C16H20FN3O. The summed E-state index contributed by atoms with van der Waals surface area (Å²) in [5.74, 6) is 1.13. The van der Waals surface area contributed by atoms with Crippen LogP contribution in [0.25, 0.3) is 11.3 Å². The zero-order valence-corrected chi connectivity index (χ0v) is 12.6. The molecule has 0 saturated carbocycles. The van der Waals surface area contributed by atoms with E-state index in [-0.39, 0.29) is 5.82 Å². The average Bonchev–Trinajstić information content (AvgIpc) is 2.45. The molecule has 1 aromatic carbocycles. The number of hydrogen-bond acceptors (Lipinski definition) is 4. The minimum atomic E-state index is -0.244. The molecule has 2 rings (SSSR count). The normalized spacial score (nSPS) is 10.7. The van der Waals surface area contributed by atoms with Crippen molar-refractivity contribution in [2.75, 3.05) is 19.0 Å². The second-order valence-corrected chi connectivity index (χ2v) is 4.87. The Balaban J connectivity index is 2.43. The molecule has 4 nitrogen and oxygen atoms in total. The van der Waals surface area contributed by atoms with Gasteiger partial charge in [0.05, 0.1) is 5.69 Å². The van der Waals surface area contributed by atoms with Gasteiger partial charge in [0.15, 0.2) is 5.82 Å². The van der Waals surface area contributed by atoms with Crippen molar-refractivity contribution >= 4 is 5.82 Å². The Morgan fingerprint density at radius 1 is 1.24 bits per heavy atom. The van der Waals surface area contributed by atoms with Gasteiger partial charge in [-0.3, -0.25) is 0 Å². The summed E-state index contributed by atoms with van der Waals surface area (Å²) in [6.07, 6.45) is 1.01. The molecule has 0 unspecified atom stereocenters. The summed E-state index contributed by atoms with van der Waals surface area (Å²) in [6.45, 7) is 5.14. The number of benzene rings is 1. The van der Waals surface area contributed by atoms with E-state index >= 15 is 0 Å². The van der Waals surface area contributed by atoms with E-state index in [1.807, 2.05) is 13.0 Å². The van der Waals surface area contributed by atoms with Crippen molar-refractivity contribution in [1.82, 2.24) is 9.97 Å². The maximum absolute atomic E-state index is 13.2. The van der Waals surface area contributed by atoms with E-state index in [1.54, 1.807) is 13.2 Å². The number of aromatic nitrogens is 2. The van der Waals surface area contributed by atoms with Crippen LogP contribution in [0.5, 0.6) is 0 Å². The van der Waals surface area contributed by atoms with E-state index in [2.05, 4.69) is 22.2 Å². The monoisotopic (exact) mass is 289 g/mol. The van der Waals surface area contributed by atoms with Gasteiger partial charge in [0.25, 0.3) is 0 Å². The van der Waals surface area contributed by atoms with Crippen LogP contribution in [0.15, 0.2) is 24.3 Å². The van der Waals surface area contributed by atoms with E-state index in [0.717, 1.165) is 35.6 Å². The lowest BCUT2D eigenvalue weighted by molar-refractivity contribution is 0.178. The molecule has 2 aromatic rings. The molecule has 0 aliphatic heterocycles. The Bertz CT molecular complexity index is 616. The van der Waals surface area contributed by atoms with Crippen molar-refractivity contribution < 1.29 is 9.13 Å². The molecule has 0 bridgehead atoms. The molecule has 0 radical (unpaired) electrons. The van der Waals surface area contributed by atoms with E-state index in [9.17, 15) is 4.39 Å². The first-order valence-corrected chi connectivity index (χ1v) is 7.01. The topological polar surface area (TPSA) is 47.0 Å². The molecule has 0 amide bonds. The van der Waals surface area contributed by atoms with Crippen LogP contribution < -0.4 is 5.32 Å². The molecule has 112 valence electrons. The molecule has 0 atom stereocenters. The molecule has 1 aromatic heterocycles. The lowest BCUT2D eigenvalue weighted by atomic mass is 10.1. The number of nitrogens with zero attached hydrogens (tertiary/aromatic N) is 2. The van der Waals surface area contributed by atoms with Gasteiger partial charge in [0.2, 0.25) is 0 Å². The lowest BCUT2D eigenvalue weighted by Crippen LogP contribution is -2.07. The van der Waals surface area contributed by atoms with Crippen LogP contribution in [0, 0.1) is 12.7 Å². The zero-order chi connectivity index (χ0) is 15.2. The van der Waals surface area contributed by atoms with Crippen molar-refractivity contribution in [2.24, 2.45) is 0 Å². The third-order valence-electron chi connectivity index (χ3n) is 3.07. The highest BCUT2D eigenvalue weighted by atomic mass is 19.1. The number of aryl methyl sites for hydroxylation is 1. The number of rotatable bonds is 6. The Kier molecular flexibility index (Phi) is 5.22. The number of hydrogen-bond donors (Lipinski definition) is 1. The maximum atomic E-state index is 13.2. The summed E-state index contributed by atoms with van der Waals surface area (Å²) in [5, 5.41) is 3.25. The number of halogens is 1. The average molecular weight is 289 g/mol. The minimum absolute atomic E-state index is 0.244. The third kappa shape index (κ3) is 3.98. The molecule has 0 saturated heterocycles. The van der Waals surface area contributed by atoms with Crippen molar-refractivity contribution in [3.63, 3.8) is 0 Å². The first-order valence-electron chi connectivity index (χ1n) is 7.01. The van der Waals surface area contributed by atoms with Gasteiger partial charge in [-0.1, -0.05) is 6.92 Å². The predicted octanol–water partition coefficient (Wildman–Crippen LogP) is 3.56. The standard InChI is InChI=1S/C16H20FN3O/c1-4-7-18-15-9-14(19-16(20-15)10-21-3)13-6-5-12(17)8-11(13)2/h5-6,8-9H,4,7,10H2,1-3H3,(H,18,19,20). The number of anilines is 1. The van der Waals surface area contributed by atoms with Crippen LogP contribution in [-0.4, -0.2) is 23.6 Å². The fraction of sp³-hybridized carbons (Fsp3) is 0.375. The van der Waals surface area contributed by atoms with Gasteiger partial charge < -0.3 is 10.1 Å². The van der Waals surface area contributed by atoms with Crippen molar-refractivity contribution in [3.05, 3.63) is 41.5 Å². The summed E-state index contributed by atoms with van der Waals surface area (Å²) >= 11 is 0. The van der Waals surface area contributed by atoms with Crippen LogP contribution in [0.4, 0.5) is 10.2 Å². The van der Waals surface area contributed by atoms with Gasteiger partial charge >= 0.3 is 0 Å². The summed E-state index contributed by atoms with van der Waals surface area (Å²) in [6, 6.07) is 6.58. The Morgan fingerprint density at radius 3 is 2.71 bits per heavy atom. The van der Waals surface area contributed by atoms with E-state index in [1.165, 1.54) is 12.1 Å². The lowest BCUT2D eigenvalue weighted by Gasteiger charge is -2.11. The van der Waals surface area contributed by atoms with Crippen LogP contribution in [0.3, 0.4) is 0 Å². The molecule has 1 heterocycles. The fourth-order valence-corrected chi connectivity index (χ4v) is 2.09. The van der Waals surface area contributed by atoms with E-state index in [4.69, 9.17) is 4.74 Å². The van der Waals surface area contributed by atoms with Gasteiger partial charge in [-0.25, -0.2) is 14.4 Å². The number of ether oxygens (including phenoxy) is 1. The van der Waals surface area contributed by atoms with Gasteiger partial charge in [-0.2, -0.15) is 0 Å². The first kappa shape index (κ1) is 15.4. The van der Waals surface area contributed by atoms with Gasteiger partial charge in [0, 0.05) is 25.3 Å². The minimum Gasteiger partial charge on any atom is -0.377 e. The van der Waals surface area contributed by atoms with Crippen LogP contribution in [0.1, 0.15) is 24.7 Å². The van der Waals surface area contributed by atoms with Gasteiger partial charge in [0.1, 0.15) is 18.2 Å². The van der Waals surface area contributed by atoms with Crippen LogP contribution in [-0.2, 0) is 11.3 Å². The van der Waals surface area contributed by atoms with Crippen molar-refractivity contribution in [2.45, 2.75) is 26.9 Å². The second-order valence-electron chi connectivity index (χ2n) is 4.87. The predicted molar refractivity (Wildman–Crippen MR) is 81.7 cm³/mol. The summed E-state index contributed by atoms with van der Waals surface area (Å²) in [4.78, 5) is 8.91. The maximum Gasteiger partial charge on any atom is 0.157 e. The smallest absolute Gasteiger partial charge is 0.157 e. The zero-order valence-electron chi connectivity index (χ0n) is 12.6. The Labute approximate surface area is 124 Å². The highest BCUT2D eigenvalue weighted by Crippen LogP contribution is 2.24. The Hall–Kier alpha value is -2.01. The molecule has 0 aliphatic carbocycles. The molecule has 0 aliphatic rings. The SMILES string of the molecule is CCCNc1cc(-c2ccc(F)cc2C)nc(COC)n1. The summed E-state index contributed by atoms with van der Waals surface area (Å²) < 4.78 is 18.4. The van der Waals surface area contributed by atoms with E-state index < -0.39 is 0 Å². The largest absolute Gasteiger partial charge is 0.377 e. The molecular weight excluding hydrogens is 269 g/mol. The second kappa shape index (κ2) is 7.13. The summed E-state index contributed by atoms with van der Waals surface area (Å²) in [5.41, 5.74) is 2.52. The highest BCUT2D eigenvalue weighted by molar-refractivity contribution is 5.66.